The van der Waals surface area contributed by atoms with Crippen molar-refractivity contribution in [2.24, 2.45) is 10.8 Å². The Morgan fingerprint density at radius 3 is 2.69 bits per heavy atom. The van der Waals surface area contributed by atoms with Gasteiger partial charge in [-0.1, -0.05) is 0 Å². The molecule has 0 spiro atoms. The van der Waals surface area contributed by atoms with Gasteiger partial charge in [-0.15, -0.1) is 22.7 Å². The molecule has 0 bridgehead atoms. The first-order valence-corrected chi connectivity index (χ1v) is 6.73. The second kappa shape index (κ2) is 4.16. The highest BCUT2D eigenvalue weighted by molar-refractivity contribution is 7.27. The van der Waals surface area contributed by atoms with E-state index < -0.39 is 0 Å². The Morgan fingerprint density at radius 2 is 2.12 bits per heavy atom. The molecule has 2 aromatic heterocycles. The van der Waals surface area contributed by atoms with E-state index >= 15 is 0 Å². The van der Waals surface area contributed by atoms with Crippen LogP contribution >= 0.6 is 22.7 Å². The Labute approximate surface area is 103 Å². The van der Waals surface area contributed by atoms with Crippen molar-refractivity contribution in [3.05, 3.63) is 22.4 Å². The Balaban J connectivity index is 2.42. The van der Waals surface area contributed by atoms with Crippen molar-refractivity contribution in [1.82, 2.24) is 5.43 Å². The Hall–Kier alpha value is -0.910. The third-order valence-electron chi connectivity index (χ3n) is 1.96. The van der Waals surface area contributed by atoms with E-state index in [1.54, 1.807) is 22.7 Å². The number of thiophene rings is 2. The number of hydrazine groups is 1. The summed E-state index contributed by atoms with van der Waals surface area (Å²) < 4.78 is 2.58. The maximum Gasteiger partial charge on any atom is 0.153 e. The van der Waals surface area contributed by atoms with E-state index in [2.05, 4.69) is 48.7 Å². The lowest BCUT2D eigenvalue weighted by Gasteiger charge is -2.14. The van der Waals surface area contributed by atoms with Gasteiger partial charge in [-0.3, -0.25) is 4.99 Å². The normalized spacial score (nSPS) is 13.4. The molecule has 2 rings (SSSR count). The summed E-state index contributed by atoms with van der Waals surface area (Å²) in [6, 6.07) is 4.26. The minimum atomic E-state index is -0.126. The van der Waals surface area contributed by atoms with Crippen molar-refractivity contribution in [3.63, 3.8) is 0 Å². The first kappa shape index (κ1) is 11.6. The van der Waals surface area contributed by atoms with E-state index in [0.717, 1.165) is 10.7 Å². The average Bonchev–Trinajstić information content (AvgIpc) is 2.71. The van der Waals surface area contributed by atoms with Crippen molar-refractivity contribution in [3.8, 4) is 0 Å². The van der Waals surface area contributed by atoms with Crippen molar-refractivity contribution >= 4 is 37.9 Å². The number of rotatable bonds is 1. The highest BCUT2D eigenvalue weighted by Gasteiger charge is 2.13. The summed E-state index contributed by atoms with van der Waals surface area (Å²) in [6.45, 7) is 6.17. The molecule has 0 aliphatic carbocycles. The molecule has 0 fully saturated rings. The van der Waals surface area contributed by atoms with Crippen LogP contribution in [0.2, 0.25) is 0 Å². The fourth-order valence-electron chi connectivity index (χ4n) is 1.38. The Morgan fingerprint density at radius 1 is 1.38 bits per heavy atom. The van der Waals surface area contributed by atoms with Gasteiger partial charge >= 0.3 is 0 Å². The number of hydrogen-bond acceptors (Lipinski definition) is 4. The summed E-state index contributed by atoms with van der Waals surface area (Å²) in [5.41, 5.74) is 2.56. The molecule has 3 nitrogen and oxygen atoms in total. The fraction of sp³-hybridized carbons (Fsp3) is 0.364. The monoisotopic (exact) mass is 253 g/mol. The van der Waals surface area contributed by atoms with Crippen molar-refractivity contribution in [2.45, 2.75) is 26.3 Å². The van der Waals surface area contributed by atoms with Crippen molar-refractivity contribution in [2.75, 3.05) is 0 Å². The van der Waals surface area contributed by atoms with Gasteiger partial charge in [0.1, 0.15) is 0 Å². The molecule has 2 aromatic rings. The Kier molecular flexibility index (Phi) is 3.01. The fourth-order valence-corrected chi connectivity index (χ4v) is 3.44. The zero-order valence-electron chi connectivity index (χ0n) is 9.57. The van der Waals surface area contributed by atoms with Crippen LogP contribution in [0.3, 0.4) is 0 Å². The van der Waals surface area contributed by atoms with E-state index in [0.29, 0.717) is 0 Å². The van der Waals surface area contributed by atoms with E-state index in [1.165, 1.54) is 9.40 Å². The van der Waals surface area contributed by atoms with Crippen LogP contribution in [0.25, 0.3) is 9.40 Å². The van der Waals surface area contributed by atoms with Gasteiger partial charge in [0.2, 0.25) is 0 Å². The summed E-state index contributed by atoms with van der Waals surface area (Å²) in [5, 5.41) is 2.10. The minimum Gasteiger partial charge on any atom is -0.308 e. The molecule has 0 aliphatic rings. The van der Waals surface area contributed by atoms with Crippen LogP contribution in [0.4, 0.5) is 0 Å². The van der Waals surface area contributed by atoms with Gasteiger partial charge in [0.15, 0.2) is 5.84 Å². The quantitative estimate of drug-likeness (QED) is 0.355. The molecule has 2 heterocycles. The summed E-state index contributed by atoms with van der Waals surface area (Å²) in [4.78, 5) is 5.66. The standard InChI is InChI=1S/C11H15N3S2/c1-11(2,3)13-10(14-12)9-6-8-7(16-9)4-5-15-8/h4-6H,12H2,1-3H3,(H,13,14). The molecule has 0 radical (unpaired) electrons. The lowest BCUT2D eigenvalue weighted by molar-refractivity contribution is 0.580. The smallest absolute Gasteiger partial charge is 0.153 e. The molecule has 3 N–H and O–H groups in total. The van der Waals surface area contributed by atoms with Gasteiger partial charge in [-0.05, 0) is 38.3 Å². The van der Waals surface area contributed by atoms with Gasteiger partial charge in [-0.2, -0.15) is 0 Å². The van der Waals surface area contributed by atoms with Gasteiger partial charge in [0.05, 0.1) is 10.4 Å². The molecule has 0 saturated heterocycles. The zero-order chi connectivity index (χ0) is 11.8. The van der Waals surface area contributed by atoms with Crippen LogP contribution in [0, 0.1) is 0 Å². The molecule has 5 heteroatoms. The average molecular weight is 253 g/mol. The summed E-state index contributed by atoms with van der Waals surface area (Å²) >= 11 is 3.46. The van der Waals surface area contributed by atoms with Crippen LogP contribution < -0.4 is 11.3 Å². The predicted octanol–water partition coefficient (Wildman–Crippen LogP) is 2.97. The molecular formula is C11H15N3S2. The van der Waals surface area contributed by atoms with Crippen LogP contribution in [0.15, 0.2) is 22.5 Å². The Bertz CT molecular complexity index is 488. The number of fused-ring (bicyclic) bond motifs is 1. The largest absolute Gasteiger partial charge is 0.308 e. The molecular weight excluding hydrogens is 238 g/mol. The van der Waals surface area contributed by atoms with E-state index in [9.17, 15) is 0 Å². The number of amidine groups is 1. The van der Waals surface area contributed by atoms with Crippen LogP contribution in [0.1, 0.15) is 25.6 Å². The third-order valence-corrected chi connectivity index (χ3v) is 4.06. The highest BCUT2D eigenvalue weighted by Crippen LogP contribution is 2.30. The van der Waals surface area contributed by atoms with Gasteiger partial charge in [0, 0.05) is 9.40 Å². The van der Waals surface area contributed by atoms with Gasteiger partial charge in [-0.25, -0.2) is 5.84 Å². The lowest BCUT2D eigenvalue weighted by Crippen LogP contribution is -2.33. The minimum absolute atomic E-state index is 0.126. The van der Waals surface area contributed by atoms with Crippen molar-refractivity contribution < 1.29 is 0 Å². The maximum absolute atomic E-state index is 5.53. The van der Waals surface area contributed by atoms with Gasteiger partial charge in [0.25, 0.3) is 0 Å². The summed E-state index contributed by atoms with van der Waals surface area (Å²) in [6.07, 6.45) is 0. The van der Waals surface area contributed by atoms with Crippen LogP contribution in [-0.4, -0.2) is 11.4 Å². The third kappa shape index (κ3) is 2.42. The summed E-state index contributed by atoms with van der Waals surface area (Å²) in [7, 11) is 0. The number of aliphatic imine (C=N–C) groups is 1. The molecule has 0 unspecified atom stereocenters. The van der Waals surface area contributed by atoms with Crippen LogP contribution in [-0.2, 0) is 0 Å². The molecule has 0 saturated carbocycles. The summed E-state index contributed by atoms with van der Waals surface area (Å²) in [5.74, 6) is 6.30. The molecule has 16 heavy (non-hydrogen) atoms. The van der Waals surface area contributed by atoms with Crippen molar-refractivity contribution in [1.29, 1.82) is 0 Å². The molecule has 0 aliphatic heterocycles. The first-order chi connectivity index (χ1) is 7.49. The first-order valence-electron chi connectivity index (χ1n) is 5.03. The maximum atomic E-state index is 5.53. The lowest BCUT2D eigenvalue weighted by atomic mass is 10.1. The zero-order valence-corrected chi connectivity index (χ0v) is 11.2. The second-order valence-electron chi connectivity index (χ2n) is 4.54. The van der Waals surface area contributed by atoms with E-state index in [4.69, 9.17) is 5.84 Å². The molecule has 86 valence electrons. The van der Waals surface area contributed by atoms with E-state index in [-0.39, 0.29) is 5.54 Å². The number of hydrogen-bond donors (Lipinski definition) is 2. The SMILES string of the molecule is CC(C)(C)N=C(NN)c1cc2sccc2s1. The number of nitrogens with two attached hydrogens (primary N) is 1. The van der Waals surface area contributed by atoms with Crippen LogP contribution in [0.5, 0.6) is 0 Å². The topological polar surface area (TPSA) is 50.4 Å². The second-order valence-corrected chi connectivity index (χ2v) is 6.57. The molecule has 0 amide bonds. The molecule has 0 atom stereocenters. The highest BCUT2D eigenvalue weighted by atomic mass is 32.1. The van der Waals surface area contributed by atoms with E-state index in [1.807, 2.05) is 0 Å². The molecule has 0 aromatic carbocycles. The number of nitrogens with one attached hydrogen (secondary N) is 1. The predicted molar refractivity (Wildman–Crippen MR) is 73.3 cm³/mol. The van der Waals surface area contributed by atoms with Gasteiger partial charge < -0.3 is 5.43 Å². The number of nitrogens with zero attached hydrogens (tertiary/aromatic N) is 1.